The largest absolute Gasteiger partial charge is 0.492 e. The summed E-state index contributed by atoms with van der Waals surface area (Å²) < 4.78 is 34.1. The van der Waals surface area contributed by atoms with Gasteiger partial charge in [-0.2, -0.15) is 0 Å². The van der Waals surface area contributed by atoms with Gasteiger partial charge in [-0.25, -0.2) is 8.42 Å². The zero-order chi connectivity index (χ0) is 20.6. The van der Waals surface area contributed by atoms with Crippen LogP contribution in [0.3, 0.4) is 0 Å². The van der Waals surface area contributed by atoms with Crippen molar-refractivity contribution in [1.82, 2.24) is 5.32 Å². The Kier molecular flexibility index (Phi) is 8.32. The molecule has 8 heteroatoms. The third kappa shape index (κ3) is 6.24. The Labute approximate surface area is 174 Å². The monoisotopic (exact) mass is 468 g/mol. The highest BCUT2D eigenvalue weighted by molar-refractivity contribution is 9.10. The van der Waals surface area contributed by atoms with E-state index in [1.54, 1.807) is 43.3 Å². The van der Waals surface area contributed by atoms with E-state index in [0.29, 0.717) is 28.9 Å². The average Bonchev–Trinajstić information content (AvgIpc) is 2.67. The third-order valence-corrected chi connectivity index (χ3v) is 5.86. The van der Waals surface area contributed by atoms with Gasteiger partial charge in [-0.15, -0.1) is 0 Å². The number of benzene rings is 2. The third-order valence-electron chi connectivity index (χ3n) is 3.96. The number of amides is 1. The summed E-state index contributed by atoms with van der Waals surface area (Å²) >= 11 is 3.29. The van der Waals surface area contributed by atoms with E-state index in [1.165, 1.54) is 6.07 Å². The van der Waals surface area contributed by atoms with Crippen LogP contribution in [-0.2, 0) is 10.0 Å². The van der Waals surface area contributed by atoms with Crippen LogP contribution >= 0.6 is 15.9 Å². The predicted octanol–water partition coefficient (Wildman–Crippen LogP) is 4.57. The normalized spacial score (nSPS) is 11.1. The van der Waals surface area contributed by atoms with E-state index in [2.05, 4.69) is 32.9 Å². The Morgan fingerprint density at radius 2 is 1.79 bits per heavy atom. The van der Waals surface area contributed by atoms with Crippen molar-refractivity contribution in [2.45, 2.75) is 38.0 Å². The lowest BCUT2D eigenvalue weighted by molar-refractivity contribution is 0.0953. The quantitative estimate of drug-likeness (QED) is 0.500. The Balaban J connectivity index is 2.11. The van der Waals surface area contributed by atoms with Gasteiger partial charge in [0.05, 0.1) is 6.61 Å². The van der Waals surface area contributed by atoms with Crippen LogP contribution in [0.25, 0.3) is 0 Å². The van der Waals surface area contributed by atoms with Crippen LogP contribution in [0.4, 0.5) is 5.69 Å². The van der Waals surface area contributed by atoms with Crippen LogP contribution in [0.15, 0.2) is 51.8 Å². The maximum Gasteiger partial charge on any atom is 0.265 e. The highest BCUT2D eigenvalue weighted by Crippen LogP contribution is 2.29. The Morgan fingerprint density at radius 1 is 1.07 bits per heavy atom. The number of carbonyl (C=O) groups excluding carboxylic acids is 1. The van der Waals surface area contributed by atoms with E-state index in [4.69, 9.17) is 4.74 Å². The first-order chi connectivity index (χ1) is 13.4. The molecule has 2 aromatic rings. The molecular formula is C20H25BrN2O4S. The summed E-state index contributed by atoms with van der Waals surface area (Å²) in [5.41, 5.74) is 0.849. The minimum Gasteiger partial charge on any atom is -0.492 e. The van der Waals surface area contributed by atoms with Crippen LogP contribution in [0.5, 0.6) is 5.75 Å². The molecule has 0 atom stereocenters. The number of ether oxygens (including phenoxy) is 1. The first kappa shape index (κ1) is 22.2. The highest BCUT2D eigenvalue weighted by atomic mass is 79.9. The van der Waals surface area contributed by atoms with Crippen molar-refractivity contribution in [3.63, 3.8) is 0 Å². The molecule has 1 amide bonds. The molecule has 0 fully saturated rings. The number of sulfonamides is 1. The number of rotatable bonds is 10. The van der Waals surface area contributed by atoms with Gasteiger partial charge < -0.3 is 10.1 Å². The number of nitrogens with one attached hydrogen (secondary N) is 2. The summed E-state index contributed by atoms with van der Waals surface area (Å²) in [5, 5.41) is 2.86. The van der Waals surface area contributed by atoms with Gasteiger partial charge in [-0.3, -0.25) is 9.52 Å². The Morgan fingerprint density at radius 3 is 2.43 bits per heavy atom. The second-order valence-corrected chi connectivity index (χ2v) is 8.74. The van der Waals surface area contributed by atoms with Crippen LogP contribution in [0, 0.1) is 0 Å². The molecule has 0 aliphatic rings. The van der Waals surface area contributed by atoms with Crippen LogP contribution in [-0.4, -0.2) is 27.5 Å². The molecule has 0 aromatic heterocycles. The van der Waals surface area contributed by atoms with E-state index >= 15 is 0 Å². The van der Waals surface area contributed by atoms with Gasteiger partial charge in [0.15, 0.2) is 0 Å². The minimum atomic E-state index is -3.85. The van der Waals surface area contributed by atoms with Gasteiger partial charge in [0.2, 0.25) is 0 Å². The van der Waals surface area contributed by atoms with Gasteiger partial charge in [0.25, 0.3) is 15.9 Å². The summed E-state index contributed by atoms with van der Waals surface area (Å²) in [7, 11) is -3.85. The SMILES string of the molecule is CCCCCNC(=O)c1ccc(NS(=O)(=O)c2cc(Br)ccc2OCC)cc1. The number of carbonyl (C=O) groups is 1. The van der Waals surface area contributed by atoms with Crippen LogP contribution in [0.2, 0.25) is 0 Å². The predicted molar refractivity (Wildman–Crippen MR) is 114 cm³/mol. The van der Waals surface area contributed by atoms with Gasteiger partial charge in [0.1, 0.15) is 10.6 Å². The second kappa shape index (κ2) is 10.5. The molecular weight excluding hydrogens is 444 g/mol. The van der Waals surface area contributed by atoms with Crippen molar-refractivity contribution in [2.24, 2.45) is 0 Å². The van der Waals surface area contributed by atoms with Gasteiger partial charge >= 0.3 is 0 Å². The van der Waals surface area contributed by atoms with Crippen molar-refractivity contribution >= 4 is 37.5 Å². The topological polar surface area (TPSA) is 84.5 Å². The van der Waals surface area contributed by atoms with Gasteiger partial charge in [-0.1, -0.05) is 35.7 Å². The lowest BCUT2D eigenvalue weighted by Gasteiger charge is -2.13. The molecule has 2 rings (SSSR count). The summed E-state index contributed by atoms with van der Waals surface area (Å²) in [6, 6.07) is 11.1. The molecule has 28 heavy (non-hydrogen) atoms. The summed E-state index contributed by atoms with van der Waals surface area (Å²) in [4.78, 5) is 12.2. The lowest BCUT2D eigenvalue weighted by atomic mass is 10.2. The van der Waals surface area contributed by atoms with E-state index in [-0.39, 0.29) is 16.6 Å². The molecule has 0 saturated heterocycles. The van der Waals surface area contributed by atoms with Gasteiger partial charge in [0, 0.05) is 22.3 Å². The maximum atomic E-state index is 12.8. The van der Waals surface area contributed by atoms with E-state index in [9.17, 15) is 13.2 Å². The Hall–Kier alpha value is -2.06. The minimum absolute atomic E-state index is 0.0430. The second-order valence-electron chi connectivity index (χ2n) is 6.17. The number of halogens is 1. The molecule has 6 nitrogen and oxygen atoms in total. The van der Waals surface area contributed by atoms with Crippen LogP contribution in [0.1, 0.15) is 43.5 Å². The van der Waals surface area contributed by atoms with Gasteiger partial charge in [-0.05, 0) is 55.8 Å². The van der Waals surface area contributed by atoms with Crippen molar-refractivity contribution in [2.75, 3.05) is 17.9 Å². The molecule has 2 N–H and O–H groups in total. The van der Waals surface area contributed by atoms with E-state index in [0.717, 1.165) is 19.3 Å². The van der Waals surface area contributed by atoms with Crippen molar-refractivity contribution in [3.05, 3.63) is 52.5 Å². The molecule has 0 aliphatic heterocycles. The summed E-state index contributed by atoms with van der Waals surface area (Å²) in [6.07, 6.45) is 3.10. The zero-order valence-corrected chi connectivity index (χ0v) is 18.4. The number of anilines is 1. The highest BCUT2D eigenvalue weighted by Gasteiger charge is 2.20. The molecule has 0 saturated carbocycles. The van der Waals surface area contributed by atoms with E-state index in [1.807, 2.05) is 0 Å². The first-order valence-corrected chi connectivity index (χ1v) is 11.5. The number of hydrogen-bond donors (Lipinski definition) is 2. The number of unbranched alkanes of at least 4 members (excludes halogenated alkanes) is 2. The number of hydrogen-bond acceptors (Lipinski definition) is 4. The molecule has 0 unspecified atom stereocenters. The smallest absolute Gasteiger partial charge is 0.265 e. The summed E-state index contributed by atoms with van der Waals surface area (Å²) in [5.74, 6) is 0.109. The standard InChI is InChI=1S/C20H25BrN2O4S/c1-3-5-6-13-22-20(24)15-7-10-17(11-8-15)23-28(25,26)19-14-16(21)9-12-18(19)27-4-2/h7-12,14,23H,3-6,13H2,1-2H3,(H,22,24). The molecule has 2 aromatic carbocycles. The molecule has 0 radical (unpaired) electrons. The average molecular weight is 469 g/mol. The van der Waals surface area contributed by atoms with E-state index < -0.39 is 10.0 Å². The fourth-order valence-electron chi connectivity index (χ4n) is 2.55. The summed E-state index contributed by atoms with van der Waals surface area (Å²) in [6.45, 7) is 4.88. The van der Waals surface area contributed by atoms with Crippen molar-refractivity contribution < 1.29 is 17.9 Å². The van der Waals surface area contributed by atoms with Crippen molar-refractivity contribution in [3.8, 4) is 5.75 Å². The molecule has 0 spiro atoms. The molecule has 0 bridgehead atoms. The molecule has 152 valence electrons. The van der Waals surface area contributed by atoms with Crippen molar-refractivity contribution in [1.29, 1.82) is 0 Å². The first-order valence-electron chi connectivity index (χ1n) is 9.20. The fourth-order valence-corrected chi connectivity index (χ4v) is 4.29. The molecule has 0 heterocycles. The maximum absolute atomic E-state index is 12.8. The Bertz CT molecular complexity index is 899. The fraction of sp³-hybridized carbons (Fsp3) is 0.350. The zero-order valence-electron chi connectivity index (χ0n) is 16.0. The van der Waals surface area contributed by atoms with Crippen LogP contribution < -0.4 is 14.8 Å². The molecule has 0 aliphatic carbocycles. The lowest BCUT2D eigenvalue weighted by Crippen LogP contribution is -2.24.